The molecule has 0 amide bonds. The number of halogens is 2. The minimum atomic E-state index is -0.521. The van der Waals surface area contributed by atoms with E-state index in [1.165, 1.54) is 13.0 Å². The number of rotatable bonds is 2. The number of hydrogen-bond acceptors (Lipinski definition) is 1. The molecule has 0 atom stereocenters. The SMILES string of the molecule is CC(=O)c1cccc(C#CCCBr)c1F. The highest BCUT2D eigenvalue weighted by molar-refractivity contribution is 9.09. The van der Waals surface area contributed by atoms with Crippen LogP contribution in [0.1, 0.15) is 29.3 Å². The number of carbonyl (C=O) groups excluding carboxylic acids is 1. The topological polar surface area (TPSA) is 17.1 Å². The zero-order chi connectivity index (χ0) is 11.3. The highest BCUT2D eigenvalue weighted by Gasteiger charge is 2.09. The third-order valence-electron chi connectivity index (χ3n) is 1.82. The molecule has 0 heterocycles. The molecule has 78 valence electrons. The number of benzene rings is 1. The van der Waals surface area contributed by atoms with Gasteiger partial charge in [0.2, 0.25) is 0 Å². The quantitative estimate of drug-likeness (QED) is 0.458. The van der Waals surface area contributed by atoms with E-state index in [4.69, 9.17) is 0 Å². The second-order valence-electron chi connectivity index (χ2n) is 2.96. The van der Waals surface area contributed by atoms with E-state index in [-0.39, 0.29) is 16.9 Å². The lowest BCUT2D eigenvalue weighted by molar-refractivity contribution is 0.101. The van der Waals surface area contributed by atoms with Crippen LogP contribution in [0.2, 0.25) is 0 Å². The van der Waals surface area contributed by atoms with Crippen molar-refractivity contribution in [2.75, 3.05) is 5.33 Å². The van der Waals surface area contributed by atoms with Gasteiger partial charge in [-0.2, -0.15) is 0 Å². The smallest absolute Gasteiger partial charge is 0.162 e. The molecule has 1 nitrogen and oxygen atoms in total. The lowest BCUT2D eigenvalue weighted by Crippen LogP contribution is -1.98. The van der Waals surface area contributed by atoms with E-state index in [9.17, 15) is 9.18 Å². The van der Waals surface area contributed by atoms with Crippen LogP contribution in [0.3, 0.4) is 0 Å². The Morgan fingerprint density at radius 1 is 1.53 bits per heavy atom. The molecule has 0 unspecified atom stereocenters. The molecule has 1 aromatic carbocycles. The van der Waals surface area contributed by atoms with Crippen molar-refractivity contribution in [3.05, 3.63) is 35.1 Å². The minimum Gasteiger partial charge on any atom is -0.294 e. The molecule has 0 spiro atoms. The third kappa shape index (κ3) is 3.17. The van der Waals surface area contributed by atoms with Gasteiger partial charge in [0.25, 0.3) is 0 Å². The van der Waals surface area contributed by atoms with Crippen LogP contribution >= 0.6 is 15.9 Å². The third-order valence-corrected chi connectivity index (χ3v) is 2.22. The summed E-state index contributed by atoms with van der Waals surface area (Å²) in [5, 5.41) is 0.758. The second kappa shape index (κ2) is 5.67. The highest BCUT2D eigenvalue weighted by Crippen LogP contribution is 2.12. The number of alkyl halides is 1. The Balaban J connectivity index is 3.06. The Morgan fingerprint density at radius 2 is 2.27 bits per heavy atom. The van der Waals surface area contributed by atoms with Gasteiger partial charge in [0.05, 0.1) is 11.1 Å². The van der Waals surface area contributed by atoms with Crippen LogP contribution in [0.15, 0.2) is 18.2 Å². The van der Waals surface area contributed by atoms with Gasteiger partial charge in [-0.05, 0) is 19.1 Å². The van der Waals surface area contributed by atoms with Crippen molar-refractivity contribution < 1.29 is 9.18 Å². The summed E-state index contributed by atoms with van der Waals surface area (Å²) in [5.41, 5.74) is 0.379. The predicted octanol–water partition coefficient (Wildman–Crippen LogP) is 3.16. The fourth-order valence-corrected chi connectivity index (χ4v) is 1.30. The Hall–Kier alpha value is -1.14. The van der Waals surface area contributed by atoms with Crippen LogP contribution in [-0.2, 0) is 0 Å². The van der Waals surface area contributed by atoms with E-state index in [0.29, 0.717) is 6.42 Å². The van der Waals surface area contributed by atoms with Gasteiger partial charge in [0.15, 0.2) is 5.78 Å². The van der Waals surface area contributed by atoms with Crippen LogP contribution in [0.25, 0.3) is 0 Å². The van der Waals surface area contributed by atoms with Gasteiger partial charge < -0.3 is 0 Å². The second-order valence-corrected chi connectivity index (χ2v) is 3.76. The summed E-state index contributed by atoms with van der Waals surface area (Å²) in [6.45, 7) is 1.34. The summed E-state index contributed by atoms with van der Waals surface area (Å²) in [7, 11) is 0. The first-order valence-electron chi connectivity index (χ1n) is 4.51. The highest BCUT2D eigenvalue weighted by atomic mass is 79.9. The zero-order valence-corrected chi connectivity index (χ0v) is 9.90. The maximum absolute atomic E-state index is 13.6. The fourth-order valence-electron chi connectivity index (χ4n) is 1.11. The van der Waals surface area contributed by atoms with Crippen molar-refractivity contribution in [2.45, 2.75) is 13.3 Å². The van der Waals surface area contributed by atoms with Gasteiger partial charge in [-0.3, -0.25) is 4.79 Å². The van der Waals surface area contributed by atoms with Crippen molar-refractivity contribution >= 4 is 21.7 Å². The average Bonchev–Trinajstić information content (AvgIpc) is 2.20. The van der Waals surface area contributed by atoms with Gasteiger partial charge in [-0.15, -0.1) is 0 Å². The van der Waals surface area contributed by atoms with Crippen LogP contribution in [0, 0.1) is 17.7 Å². The van der Waals surface area contributed by atoms with Crippen LogP contribution in [0.4, 0.5) is 4.39 Å². The molecule has 0 aliphatic heterocycles. The van der Waals surface area contributed by atoms with E-state index in [2.05, 4.69) is 27.8 Å². The first-order valence-corrected chi connectivity index (χ1v) is 5.63. The monoisotopic (exact) mass is 268 g/mol. The summed E-state index contributed by atoms with van der Waals surface area (Å²) in [5.74, 6) is 4.71. The van der Waals surface area contributed by atoms with Gasteiger partial charge >= 0.3 is 0 Å². The van der Waals surface area contributed by atoms with E-state index >= 15 is 0 Å². The number of ketones is 1. The molecule has 0 radical (unpaired) electrons. The molecule has 15 heavy (non-hydrogen) atoms. The van der Waals surface area contributed by atoms with Crippen LogP contribution in [-0.4, -0.2) is 11.1 Å². The Labute approximate surface area is 96.8 Å². The summed E-state index contributed by atoms with van der Waals surface area (Å²) in [6, 6.07) is 4.67. The van der Waals surface area contributed by atoms with Gasteiger partial charge in [-0.1, -0.05) is 33.8 Å². The standard InChI is InChI=1S/C12H10BrFO/c1-9(15)11-7-4-6-10(12(11)14)5-2-3-8-13/h4,6-7H,3,8H2,1H3. The van der Waals surface area contributed by atoms with Gasteiger partial charge in [0, 0.05) is 11.8 Å². The predicted molar refractivity (Wildman–Crippen MR) is 61.7 cm³/mol. The van der Waals surface area contributed by atoms with E-state index < -0.39 is 5.82 Å². The summed E-state index contributed by atoms with van der Waals surface area (Å²) in [4.78, 5) is 11.1. The zero-order valence-electron chi connectivity index (χ0n) is 8.31. The fraction of sp³-hybridized carbons (Fsp3) is 0.250. The molecule has 0 bridgehead atoms. The lowest BCUT2D eigenvalue weighted by Gasteiger charge is -1.99. The number of Topliss-reactive ketones (excluding diaryl/α,β-unsaturated/α-hetero) is 1. The molecular weight excluding hydrogens is 259 g/mol. The van der Waals surface area contributed by atoms with Crippen molar-refractivity contribution in [1.82, 2.24) is 0 Å². The minimum absolute atomic E-state index is 0.0978. The summed E-state index contributed by atoms with van der Waals surface area (Å²) in [6.07, 6.45) is 0.656. The van der Waals surface area contributed by atoms with Crippen molar-refractivity contribution in [3.63, 3.8) is 0 Å². The molecule has 0 saturated heterocycles. The normalized spacial score (nSPS) is 9.27. The molecular formula is C12H10BrFO. The van der Waals surface area contributed by atoms with Gasteiger partial charge in [-0.25, -0.2) is 4.39 Å². The maximum Gasteiger partial charge on any atom is 0.162 e. The molecule has 1 rings (SSSR count). The van der Waals surface area contributed by atoms with Gasteiger partial charge in [0.1, 0.15) is 5.82 Å². The van der Waals surface area contributed by atoms with Crippen molar-refractivity contribution in [2.24, 2.45) is 0 Å². The summed E-state index contributed by atoms with van der Waals surface area (Å²) < 4.78 is 13.6. The molecule has 0 aromatic heterocycles. The van der Waals surface area contributed by atoms with Crippen molar-refractivity contribution in [3.8, 4) is 11.8 Å². The molecule has 3 heteroatoms. The molecule has 0 N–H and O–H groups in total. The summed E-state index contributed by atoms with van der Waals surface area (Å²) >= 11 is 3.23. The van der Waals surface area contributed by atoms with Crippen molar-refractivity contribution in [1.29, 1.82) is 0 Å². The number of carbonyl (C=O) groups is 1. The molecule has 0 fully saturated rings. The average molecular weight is 269 g/mol. The number of hydrogen-bond donors (Lipinski definition) is 0. The molecule has 1 aromatic rings. The molecule has 0 saturated carbocycles. The van der Waals surface area contributed by atoms with Crippen LogP contribution in [0.5, 0.6) is 0 Å². The molecule has 0 aliphatic carbocycles. The first kappa shape index (κ1) is 11.9. The first-order chi connectivity index (χ1) is 7.16. The molecule has 0 aliphatic rings. The van der Waals surface area contributed by atoms with Crippen LogP contribution < -0.4 is 0 Å². The maximum atomic E-state index is 13.6. The Morgan fingerprint density at radius 3 is 2.87 bits per heavy atom. The lowest BCUT2D eigenvalue weighted by atomic mass is 10.1. The largest absolute Gasteiger partial charge is 0.294 e. The van der Waals surface area contributed by atoms with E-state index in [0.717, 1.165) is 5.33 Å². The van der Waals surface area contributed by atoms with E-state index in [1.807, 2.05) is 0 Å². The van der Waals surface area contributed by atoms with E-state index in [1.54, 1.807) is 12.1 Å². The Kier molecular flexibility index (Phi) is 4.51. The Bertz CT molecular complexity index is 429.